The van der Waals surface area contributed by atoms with E-state index < -0.39 is 0 Å². The minimum Gasteiger partial charge on any atom is -0.270 e. The van der Waals surface area contributed by atoms with Gasteiger partial charge >= 0.3 is 0 Å². The number of rotatable bonds is 3. The SMILES string of the molecule is Cc1ccc(Nc2c(-c3cccc[nH+]3)[nH]c3cc(C)cc[n+]23)cc1. The first-order chi connectivity index (χ1) is 11.7. The van der Waals surface area contributed by atoms with Crippen molar-refractivity contribution < 1.29 is 9.38 Å². The van der Waals surface area contributed by atoms with Gasteiger partial charge in [-0.05, 0) is 43.7 Å². The van der Waals surface area contributed by atoms with E-state index in [4.69, 9.17) is 0 Å². The van der Waals surface area contributed by atoms with Crippen LogP contribution in [-0.4, -0.2) is 4.98 Å². The maximum absolute atomic E-state index is 3.55. The van der Waals surface area contributed by atoms with Gasteiger partial charge in [-0.1, -0.05) is 17.7 Å². The Morgan fingerprint density at radius 2 is 1.79 bits per heavy atom. The average Bonchev–Trinajstić information content (AvgIpc) is 2.95. The van der Waals surface area contributed by atoms with Gasteiger partial charge in [-0.25, -0.2) is 9.38 Å². The van der Waals surface area contributed by atoms with Crippen molar-refractivity contribution in [3.8, 4) is 11.4 Å². The normalized spacial score (nSPS) is 10.9. The van der Waals surface area contributed by atoms with E-state index in [0.717, 1.165) is 28.5 Å². The summed E-state index contributed by atoms with van der Waals surface area (Å²) in [6.45, 7) is 4.19. The van der Waals surface area contributed by atoms with Crippen LogP contribution in [0, 0.1) is 13.8 Å². The fourth-order valence-corrected chi connectivity index (χ4v) is 2.84. The van der Waals surface area contributed by atoms with E-state index in [1.165, 1.54) is 11.1 Å². The number of nitrogens with one attached hydrogen (secondary N) is 3. The number of H-pyrrole nitrogens is 2. The first-order valence-corrected chi connectivity index (χ1v) is 8.05. The van der Waals surface area contributed by atoms with Crippen molar-refractivity contribution in [3.63, 3.8) is 0 Å². The van der Waals surface area contributed by atoms with E-state index in [2.05, 4.69) is 82.2 Å². The second kappa shape index (κ2) is 5.81. The number of anilines is 2. The predicted octanol–water partition coefficient (Wildman–Crippen LogP) is 3.59. The highest BCUT2D eigenvalue weighted by molar-refractivity contribution is 5.72. The molecule has 0 atom stereocenters. The molecular formula is C20H20N4+2. The molecule has 0 aliphatic carbocycles. The lowest BCUT2D eigenvalue weighted by Crippen LogP contribution is -2.23. The molecule has 0 aliphatic heterocycles. The molecule has 0 aliphatic rings. The lowest BCUT2D eigenvalue weighted by atomic mass is 10.2. The van der Waals surface area contributed by atoms with E-state index in [1.54, 1.807) is 0 Å². The van der Waals surface area contributed by atoms with E-state index in [1.807, 2.05) is 18.3 Å². The molecule has 0 saturated heterocycles. The molecule has 118 valence electrons. The zero-order valence-corrected chi connectivity index (χ0v) is 13.8. The van der Waals surface area contributed by atoms with Crippen molar-refractivity contribution in [1.82, 2.24) is 4.98 Å². The third-order valence-electron chi connectivity index (χ3n) is 4.13. The molecule has 24 heavy (non-hydrogen) atoms. The second-order valence-corrected chi connectivity index (χ2v) is 6.08. The fourth-order valence-electron chi connectivity index (χ4n) is 2.84. The van der Waals surface area contributed by atoms with Crippen LogP contribution >= 0.6 is 0 Å². The maximum atomic E-state index is 3.55. The number of hydrogen-bond donors (Lipinski definition) is 2. The number of aromatic nitrogens is 3. The van der Waals surface area contributed by atoms with Crippen LogP contribution in [0.5, 0.6) is 0 Å². The van der Waals surface area contributed by atoms with Gasteiger partial charge in [-0.2, -0.15) is 0 Å². The predicted molar refractivity (Wildman–Crippen MR) is 95.1 cm³/mol. The van der Waals surface area contributed by atoms with Crippen molar-refractivity contribution in [1.29, 1.82) is 0 Å². The van der Waals surface area contributed by atoms with Gasteiger partial charge in [-0.15, -0.1) is 0 Å². The van der Waals surface area contributed by atoms with Gasteiger partial charge in [0.25, 0.3) is 5.82 Å². The minimum atomic E-state index is 1.01. The average molecular weight is 316 g/mol. The van der Waals surface area contributed by atoms with Crippen molar-refractivity contribution >= 4 is 17.2 Å². The molecule has 1 aromatic carbocycles. The Hall–Kier alpha value is -3.14. The molecular weight excluding hydrogens is 296 g/mol. The van der Waals surface area contributed by atoms with Crippen LogP contribution in [-0.2, 0) is 0 Å². The molecule has 0 unspecified atom stereocenters. The van der Waals surface area contributed by atoms with Gasteiger partial charge in [0.05, 0.1) is 11.9 Å². The lowest BCUT2D eigenvalue weighted by Gasteiger charge is -2.02. The molecule has 0 saturated carbocycles. The Morgan fingerprint density at radius 1 is 0.958 bits per heavy atom. The summed E-state index contributed by atoms with van der Waals surface area (Å²) < 4.78 is 2.14. The first kappa shape index (κ1) is 14.5. The van der Waals surface area contributed by atoms with Gasteiger partial charge in [-0.3, -0.25) is 10.3 Å². The van der Waals surface area contributed by atoms with Crippen LogP contribution in [0.1, 0.15) is 11.1 Å². The number of nitrogens with zero attached hydrogens (tertiary/aromatic N) is 1. The van der Waals surface area contributed by atoms with Crippen LogP contribution in [0.25, 0.3) is 17.0 Å². The summed E-state index contributed by atoms with van der Waals surface area (Å²) in [7, 11) is 0. The summed E-state index contributed by atoms with van der Waals surface area (Å²) in [6.07, 6.45) is 4.02. The number of hydrogen-bond acceptors (Lipinski definition) is 1. The van der Waals surface area contributed by atoms with E-state index in [-0.39, 0.29) is 0 Å². The van der Waals surface area contributed by atoms with Crippen LogP contribution in [0.15, 0.2) is 67.0 Å². The highest BCUT2D eigenvalue weighted by Crippen LogP contribution is 2.25. The number of benzene rings is 1. The van der Waals surface area contributed by atoms with Crippen molar-refractivity contribution in [2.45, 2.75) is 13.8 Å². The Balaban J connectivity index is 1.89. The number of pyridine rings is 2. The van der Waals surface area contributed by atoms with Crippen LogP contribution < -0.4 is 14.7 Å². The summed E-state index contributed by atoms with van der Waals surface area (Å²) in [5.41, 5.74) is 6.65. The zero-order chi connectivity index (χ0) is 16.5. The standard InChI is InChI=1S/C20H18N4/c1-14-6-8-16(9-7-14)22-20-19(17-5-3-4-11-21-17)23-18-13-15(2)10-12-24(18)20/h3-13H,1-2H3,(H,21,22)/p+2. The Morgan fingerprint density at radius 3 is 2.54 bits per heavy atom. The molecule has 0 bridgehead atoms. The molecule has 0 amide bonds. The summed E-state index contributed by atoms with van der Waals surface area (Å²) in [6, 6.07) is 18.8. The third-order valence-corrected chi connectivity index (χ3v) is 4.13. The summed E-state index contributed by atoms with van der Waals surface area (Å²) in [4.78, 5) is 6.83. The fraction of sp³-hybridized carbons (Fsp3) is 0.100. The van der Waals surface area contributed by atoms with Crippen molar-refractivity contribution in [2.24, 2.45) is 0 Å². The highest BCUT2D eigenvalue weighted by atomic mass is 15.1. The summed E-state index contributed by atoms with van der Waals surface area (Å²) >= 11 is 0. The number of aryl methyl sites for hydroxylation is 2. The quantitative estimate of drug-likeness (QED) is 0.557. The van der Waals surface area contributed by atoms with Crippen LogP contribution in [0.4, 0.5) is 11.5 Å². The van der Waals surface area contributed by atoms with Gasteiger partial charge in [0.1, 0.15) is 0 Å². The Labute approximate surface area is 140 Å². The topological polar surface area (TPSA) is 46.1 Å². The Bertz CT molecular complexity index is 986. The third kappa shape index (κ3) is 2.63. The molecule has 4 nitrogen and oxygen atoms in total. The summed E-state index contributed by atoms with van der Waals surface area (Å²) in [5, 5.41) is 3.55. The largest absolute Gasteiger partial charge is 0.277 e. The van der Waals surface area contributed by atoms with E-state index in [9.17, 15) is 0 Å². The number of aromatic amines is 2. The zero-order valence-electron chi connectivity index (χ0n) is 13.8. The van der Waals surface area contributed by atoms with E-state index >= 15 is 0 Å². The smallest absolute Gasteiger partial charge is 0.270 e. The van der Waals surface area contributed by atoms with Gasteiger partial charge in [0.2, 0.25) is 17.0 Å². The number of imidazole rings is 1. The van der Waals surface area contributed by atoms with E-state index in [0.29, 0.717) is 0 Å². The molecule has 4 aromatic rings. The minimum absolute atomic E-state index is 1.01. The maximum Gasteiger partial charge on any atom is 0.277 e. The van der Waals surface area contributed by atoms with Crippen LogP contribution in [0.2, 0.25) is 0 Å². The molecule has 4 rings (SSSR count). The van der Waals surface area contributed by atoms with Gasteiger partial charge in [0, 0.05) is 18.2 Å². The molecule has 0 fully saturated rings. The Kier molecular flexibility index (Phi) is 3.50. The highest BCUT2D eigenvalue weighted by Gasteiger charge is 2.24. The monoisotopic (exact) mass is 316 g/mol. The van der Waals surface area contributed by atoms with Crippen molar-refractivity contribution in [2.75, 3.05) is 5.32 Å². The molecule has 4 heteroatoms. The molecule has 3 N–H and O–H groups in total. The molecule has 3 heterocycles. The lowest BCUT2D eigenvalue weighted by molar-refractivity contribution is -0.494. The first-order valence-electron chi connectivity index (χ1n) is 8.05. The second-order valence-electron chi connectivity index (χ2n) is 6.08. The number of fused-ring (bicyclic) bond motifs is 1. The van der Waals surface area contributed by atoms with Crippen molar-refractivity contribution in [3.05, 3.63) is 78.1 Å². The molecule has 0 spiro atoms. The van der Waals surface area contributed by atoms with Crippen LogP contribution in [0.3, 0.4) is 0 Å². The van der Waals surface area contributed by atoms with Gasteiger partial charge < -0.3 is 0 Å². The summed E-state index contributed by atoms with van der Waals surface area (Å²) in [5.74, 6) is 1.01. The molecule has 0 radical (unpaired) electrons. The van der Waals surface area contributed by atoms with Gasteiger partial charge in [0.15, 0.2) is 6.20 Å². The molecule has 3 aromatic heterocycles.